The lowest BCUT2D eigenvalue weighted by atomic mass is 9.69. The lowest BCUT2D eigenvalue weighted by Gasteiger charge is -2.39. The summed E-state index contributed by atoms with van der Waals surface area (Å²) in [6, 6.07) is 0. The molecule has 0 aromatic carbocycles. The summed E-state index contributed by atoms with van der Waals surface area (Å²) in [6.45, 7) is 9.36. The Morgan fingerprint density at radius 3 is 2.23 bits per heavy atom. The van der Waals surface area contributed by atoms with Crippen molar-refractivity contribution in [2.75, 3.05) is 0 Å². The third-order valence-corrected chi connectivity index (χ3v) is 8.01. The summed E-state index contributed by atoms with van der Waals surface area (Å²) >= 11 is 0. The van der Waals surface area contributed by atoms with E-state index >= 15 is 0 Å². The van der Waals surface area contributed by atoms with Crippen LogP contribution in [0.5, 0.6) is 0 Å². The normalized spacial score (nSPS) is 36.2. The first-order valence-corrected chi connectivity index (χ1v) is 11.4. The summed E-state index contributed by atoms with van der Waals surface area (Å²) in [6.07, 6.45) is 13.2. The summed E-state index contributed by atoms with van der Waals surface area (Å²) in [7, 11) is 0. The van der Waals surface area contributed by atoms with Gasteiger partial charge in [-0.15, -0.1) is 0 Å². The summed E-state index contributed by atoms with van der Waals surface area (Å²) in [5.74, 6) is 6.73. The van der Waals surface area contributed by atoms with E-state index < -0.39 is 0 Å². The Morgan fingerprint density at radius 1 is 0.962 bits per heavy atom. The van der Waals surface area contributed by atoms with Crippen molar-refractivity contribution in [3.63, 3.8) is 0 Å². The monoisotopic (exact) mass is 360 g/mol. The Morgan fingerprint density at radius 2 is 1.62 bits per heavy atom. The molecule has 3 aliphatic carbocycles. The van der Waals surface area contributed by atoms with Crippen LogP contribution in [-0.4, -0.2) is 12.1 Å². The van der Waals surface area contributed by atoms with E-state index in [4.69, 9.17) is 4.74 Å². The molecule has 2 radical (unpaired) electrons. The number of rotatable bonds is 4. The van der Waals surface area contributed by atoms with Crippen LogP contribution in [0.1, 0.15) is 98.3 Å². The van der Waals surface area contributed by atoms with Gasteiger partial charge in [0.05, 0.1) is 5.92 Å². The molecule has 148 valence electrons. The lowest BCUT2D eigenvalue weighted by Crippen LogP contribution is -2.36. The van der Waals surface area contributed by atoms with Crippen LogP contribution in [0.4, 0.5) is 0 Å². The minimum atomic E-state index is 0.0346. The van der Waals surface area contributed by atoms with Crippen LogP contribution < -0.4 is 0 Å². The second kappa shape index (κ2) is 9.11. The molecule has 0 heterocycles. The van der Waals surface area contributed by atoms with Gasteiger partial charge in [0.2, 0.25) is 0 Å². The van der Waals surface area contributed by atoms with Gasteiger partial charge in [-0.05, 0) is 86.9 Å². The van der Waals surface area contributed by atoms with Gasteiger partial charge in [0.15, 0.2) is 0 Å². The van der Waals surface area contributed by atoms with Gasteiger partial charge in [0, 0.05) is 0 Å². The molecule has 3 saturated carbocycles. The smallest absolute Gasteiger partial charge is 0.313 e. The van der Waals surface area contributed by atoms with Gasteiger partial charge in [0.25, 0.3) is 0 Å². The molecule has 4 unspecified atom stereocenters. The van der Waals surface area contributed by atoms with Crippen molar-refractivity contribution < 1.29 is 9.53 Å². The second-order valence-electron chi connectivity index (χ2n) is 9.72. The maximum atomic E-state index is 12.7. The fourth-order valence-corrected chi connectivity index (χ4v) is 5.73. The van der Waals surface area contributed by atoms with Gasteiger partial charge < -0.3 is 4.74 Å². The van der Waals surface area contributed by atoms with E-state index in [1.54, 1.807) is 5.92 Å². The minimum absolute atomic E-state index is 0.0346. The highest BCUT2D eigenvalue weighted by Crippen LogP contribution is 2.44. The molecule has 0 aromatic rings. The van der Waals surface area contributed by atoms with Gasteiger partial charge in [-0.1, -0.05) is 47.0 Å². The fraction of sp³-hybridized carbons (Fsp3) is 0.875. The van der Waals surface area contributed by atoms with Crippen LogP contribution in [0, 0.1) is 41.4 Å². The molecule has 0 saturated heterocycles. The van der Waals surface area contributed by atoms with Crippen molar-refractivity contribution in [1.29, 1.82) is 0 Å². The highest BCUT2D eigenvalue weighted by molar-refractivity contribution is 5.84. The standard InChI is InChI=1S/C24H40O2/c1-5-19-15-23(14-17(3)18(19)4)26-24(25)22-12-10-21(11-13-22)20-8-6-16(2)7-9-20/h16-19,21,23H,5-15H2,1-4H3. The maximum absolute atomic E-state index is 12.7. The van der Waals surface area contributed by atoms with E-state index in [0.29, 0.717) is 11.8 Å². The van der Waals surface area contributed by atoms with E-state index in [-0.39, 0.29) is 12.1 Å². The van der Waals surface area contributed by atoms with E-state index in [2.05, 4.69) is 27.7 Å². The molecule has 0 spiro atoms. The van der Waals surface area contributed by atoms with Crippen LogP contribution in [-0.2, 0) is 9.53 Å². The first-order valence-electron chi connectivity index (χ1n) is 11.4. The second-order valence-corrected chi connectivity index (χ2v) is 9.72. The Hall–Kier alpha value is -0.530. The van der Waals surface area contributed by atoms with E-state index in [1.165, 1.54) is 44.9 Å². The highest BCUT2D eigenvalue weighted by Gasteiger charge is 2.37. The van der Waals surface area contributed by atoms with Crippen LogP contribution in [0.25, 0.3) is 0 Å². The maximum Gasteiger partial charge on any atom is 0.313 e. The number of ether oxygens (including phenoxy) is 1. The summed E-state index contributed by atoms with van der Waals surface area (Å²) in [4.78, 5) is 12.7. The Bertz CT molecular complexity index is 443. The summed E-state index contributed by atoms with van der Waals surface area (Å²) < 4.78 is 5.99. The highest BCUT2D eigenvalue weighted by atomic mass is 16.5. The van der Waals surface area contributed by atoms with Crippen molar-refractivity contribution >= 4 is 5.97 Å². The molecule has 3 fully saturated rings. The first kappa shape index (κ1) is 20.2. The van der Waals surface area contributed by atoms with E-state index in [1.807, 2.05) is 0 Å². The number of hydrogen-bond acceptors (Lipinski definition) is 2. The molecule has 3 rings (SSSR count). The van der Waals surface area contributed by atoms with Crippen LogP contribution in [0.15, 0.2) is 0 Å². The fourth-order valence-electron chi connectivity index (χ4n) is 5.73. The number of carbonyl (C=O) groups is 1. The molecule has 26 heavy (non-hydrogen) atoms. The predicted molar refractivity (Wildman–Crippen MR) is 107 cm³/mol. The van der Waals surface area contributed by atoms with E-state index in [9.17, 15) is 4.79 Å². The predicted octanol–water partition coefficient (Wildman–Crippen LogP) is 6.54. The first-order chi connectivity index (χ1) is 12.5. The third kappa shape index (κ3) is 4.84. The molecule has 2 heteroatoms. The lowest BCUT2D eigenvalue weighted by molar-refractivity contribution is -0.151. The van der Waals surface area contributed by atoms with Gasteiger partial charge in [-0.3, -0.25) is 4.79 Å². The number of esters is 1. The molecule has 0 aliphatic heterocycles. The molecule has 3 aliphatic rings. The largest absolute Gasteiger partial charge is 0.462 e. The molecular weight excluding hydrogens is 320 g/mol. The van der Waals surface area contributed by atoms with Gasteiger partial charge in [-0.2, -0.15) is 0 Å². The van der Waals surface area contributed by atoms with Gasteiger partial charge in [0.1, 0.15) is 6.10 Å². The van der Waals surface area contributed by atoms with Crippen molar-refractivity contribution in [3.8, 4) is 0 Å². The molecule has 2 nitrogen and oxygen atoms in total. The quantitative estimate of drug-likeness (QED) is 0.532. The molecule has 0 N–H and O–H groups in total. The molecular formula is C24H40O2. The van der Waals surface area contributed by atoms with Crippen LogP contribution in [0.3, 0.4) is 0 Å². The zero-order chi connectivity index (χ0) is 18.7. The molecule has 0 aromatic heterocycles. The van der Waals surface area contributed by atoms with Gasteiger partial charge in [-0.25, -0.2) is 0 Å². The summed E-state index contributed by atoms with van der Waals surface area (Å²) in [5.41, 5.74) is 0. The number of hydrogen-bond donors (Lipinski definition) is 0. The van der Waals surface area contributed by atoms with Crippen LogP contribution >= 0.6 is 0 Å². The average Bonchev–Trinajstić information content (AvgIpc) is 2.65. The molecule has 4 atom stereocenters. The van der Waals surface area contributed by atoms with Gasteiger partial charge >= 0.3 is 5.97 Å². The SMILES string of the molecule is CCC1CC(OC(=O)[C]2CCC([C]3CCC(C)CC3)CC2)CC(C)C1C. The Labute approximate surface area is 161 Å². The van der Waals surface area contributed by atoms with Crippen molar-refractivity contribution in [2.24, 2.45) is 29.6 Å². The van der Waals surface area contributed by atoms with Crippen molar-refractivity contribution in [1.82, 2.24) is 0 Å². The zero-order valence-corrected chi connectivity index (χ0v) is 17.6. The molecule has 0 amide bonds. The van der Waals surface area contributed by atoms with Crippen molar-refractivity contribution in [3.05, 3.63) is 11.8 Å². The average molecular weight is 361 g/mol. The van der Waals surface area contributed by atoms with Crippen LogP contribution in [0.2, 0.25) is 0 Å². The summed E-state index contributed by atoms with van der Waals surface area (Å²) in [5, 5.41) is 0. The third-order valence-electron chi connectivity index (χ3n) is 8.01. The minimum Gasteiger partial charge on any atom is -0.462 e. The van der Waals surface area contributed by atoms with E-state index in [0.717, 1.165) is 49.4 Å². The topological polar surface area (TPSA) is 26.3 Å². The van der Waals surface area contributed by atoms with Crippen molar-refractivity contribution in [2.45, 2.75) is 104 Å². The molecule has 0 bridgehead atoms. The Kier molecular flexibility index (Phi) is 7.08. The Balaban J connectivity index is 1.43. The number of carbonyl (C=O) groups excluding carboxylic acids is 1. The zero-order valence-electron chi connectivity index (χ0n) is 17.6.